The number of non-ortho nitro benzene ring substituents is 1. The number of allylic oxidation sites excluding steroid dienone is 2. The third-order valence-electron chi connectivity index (χ3n) is 8.09. The second-order valence-electron chi connectivity index (χ2n) is 13.7. The van der Waals surface area contributed by atoms with Crippen LogP contribution in [-0.2, 0) is 19.1 Å². The molecule has 1 aromatic carbocycles. The number of likely N-dealkylation sites (N-methyl/N-ethyl adjacent to an activating group) is 1. The van der Waals surface area contributed by atoms with Gasteiger partial charge in [0, 0.05) is 25.5 Å². The van der Waals surface area contributed by atoms with Crippen molar-refractivity contribution in [2.45, 2.75) is 129 Å². The lowest BCUT2D eigenvalue weighted by molar-refractivity contribution is -0.873. The summed E-state index contributed by atoms with van der Waals surface area (Å²) >= 11 is 0. The number of nitrogens with zero attached hydrogens (tertiary/aromatic N) is 4. The number of nitro groups is 1. The van der Waals surface area contributed by atoms with Crippen molar-refractivity contribution < 1.29 is 33.1 Å². The quantitative estimate of drug-likeness (QED) is 0.0233. The largest absolute Gasteiger partial charge is 0.461 e. The molecule has 1 aromatic heterocycles. The van der Waals surface area contributed by atoms with Crippen molar-refractivity contribution in [2.75, 3.05) is 46.2 Å². The molecular formula is C36H60N5O7+. The minimum absolute atomic E-state index is 0.0652. The second kappa shape index (κ2) is 23.7. The Morgan fingerprint density at radius 3 is 2.08 bits per heavy atom. The number of rotatable bonds is 28. The van der Waals surface area contributed by atoms with Crippen molar-refractivity contribution >= 4 is 34.3 Å². The van der Waals surface area contributed by atoms with Gasteiger partial charge in [0.05, 0.1) is 31.8 Å². The van der Waals surface area contributed by atoms with Crippen LogP contribution in [0.3, 0.4) is 0 Å². The minimum Gasteiger partial charge on any atom is -0.461 e. The lowest BCUT2D eigenvalue weighted by Crippen LogP contribution is -2.45. The zero-order chi connectivity index (χ0) is 35.0. The smallest absolute Gasteiger partial charge is 0.306 e. The van der Waals surface area contributed by atoms with Gasteiger partial charge >= 0.3 is 17.6 Å². The van der Waals surface area contributed by atoms with E-state index in [1.165, 1.54) is 63.9 Å². The molecule has 0 aliphatic carbocycles. The number of benzene rings is 1. The van der Waals surface area contributed by atoms with E-state index in [4.69, 9.17) is 9.47 Å². The van der Waals surface area contributed by atoms with Crippen molar-refractivity contribution in [3.63, 3.8) is 0 Å². The number of esters is 2. The van der Waals surface area contributed by atoms with E-state index in [0.717, 1.165) is 38.5 Å². The summed E-state index contributed by atoms with van der Waals surface area (Å²) in [4.78, 5) is 35.6. The Labute approximate surface area is 286 Å². The van der Waals surface area contributed by atoms with Gasteiger partial charge in [0.25, 0.3) is 0 Å². The molecule has 0 saturated heterocycles. The topological polar surface area (TPSA) is 147 Å². The monoisotopic (exact) mass is 674 g/mol. The Kier molecular flexibility index (Phi) is 20.1. The van der Waals surface area contributed by atoms with Gasteiger partial charge in [0.15, 0.2) is 11.6 Å². The van der Waals surface area contributed by atoms with Gasteiger partial charge in [-0.2, -0.15) is 0 Å². The molecule has 12 nitrogen and oxygen atoms in total. The van der Waals surface area contributed by atoms with Gasteiger partial charge in [0.1, 0.15) is 13.2 Å². The third kappa shape index (κ3) is 18.1. The van der Waals surface area contributed by atoms with Crippen LogP contribution in [-0.4, -0.2) is 78.6 Å². The molecule has 0 aliphatic heterocycles. The first kappa shape index (κ1) is 40.6. The van der Waals surface area contributed by atoms with E-state index in [-0.39, 0.29) is 36.2 Å². The van der Waals surface area contributed by atoms with Crippen molar-refractivity contribution in [3.8, 4) is 0 Å². The van der Waals surface area contributed by atoms with Crippen LogP contribution in [0.5, 0.6) is 0 Å². The van der Waals surface area contributed by atoms with Crippen molar-refractivity contribution in [2.24, 2.45) is 0 Å². The molecule has 0 bridgehead atoms. The Bertz CT molecular complexity index is 1240. The van der Waals surface area contributed by atoms with Gasteiger partial charge in [-0.05, 0) is 61.3 Å². The summed E-state index contributed by atoms with van der Waals surface area (Å²) in [7, 11) is 6.03. The summed E-state index contributed by atoms with van der Waals surface area (Å²) < 4.78 is 16.5. The highest BCUT2D eigenvalue weighted by atomic mass is 16.6. The average molecular weight is 675 g/mol. The van der Waals surface area contributed by atoms with Gasteiger partial charge in [-0.1, -0.05) is 76.9 Å². The summed E-state index contributed by atoms with van der Waals surface area (Å²) in [6.45, 7) is 3.45. The summed E-state index contributed by atoms with van der Waals surface area (Å²) in [5, 5.41) is 21.8. The van der Waals surface area contributed by atoms with Gasteiger partial charge in [-0.3, -0.25) is 19.7 Å². The number of carbonyl (C=O) groups is 2. The first-order valence-corrected chi connectivity index (χ1v) is 18.0. The summed E-state index contributed by atoms with van der Waals surface area (Å²) in [6.07, 6.45) is 22.7. The van der Waals surface area contributed by atoms with Crippen LogP contribution in [0.4, 0.5) is 11.4 Å². The molecule has 2 rings (SSSR count). The van der Waals surface area contributed by atoms with Crippen LogP contribution in [0.25, 0.3) is 11.0 Å². The Balaban J connectivity index is 1.55. The summed E-state index contributed by atoms with van der Waals surface area (Å²) in [6, 6.07) is 2.95. The fourth-order valence-electron chi connectivity index (χ4n) is 5.52. The molecule has 0 amide bonds. The molecule has 2 aromatic rings. The highest BCUT2D eigenvalue weighted by Gasteiger charge is 2.24. The maximum atomic E-state index is 12.6. The fraction of sp³-hybridized carbons (Fsp3) is 0.722. The maximum Gasteiger partial charge on any atom is 0.306 e. The van der Waals surface area contributed by atoms with E-state index in [1.807, 2.05) is 21.1 Å². The van der Waals surface area contributed by atoms with E-state index in [2.05, 4.69) is 39.3 Å². The summed E-state index contributed by atoms with van der Waals surface area (Å²) in [5.74, 6) is -0.547. The molecule has 1 N–H and O–H groups in total. The summed E-state index contributed by atoms with van der Waals surface area (Å²) in [5.41, 5.74) is 0.854. The molecule has 1 atom stereocenters. The molecule has 1 heterocycles. The number of carbonyl (C=O) groups excluding carboxylic acids is 2. The number of quaternary nitrogens is 1. The molecule has 0 spiro atoms. The van der Waals surface area contributed by atoms with Crippen molar-refractivity contribution in [3.05, 3.63) is 34.4 Å². The molecule has 0 aliphatic rings. The molecule has 0 radical (unpaired) electrons. The molecule has 270 valence electrons. The zero-order valence-corrected chi connectivity index (χ0v) is 29.9. The van der Waals surface area contributed by atoms with E-state index in [0.29, 0.717) is 41.6 Å². The lowest BCUT2D eigenvalue weighted by atomic mass is 10.1. The number of fused-ring (bicyclic) bond motifs is 1. The predicted molar refractivity (Wildman–Crippen MR) is 189 cm³/mol. The van der Waals surface area contributed by atoms with Crippen LogP contribution in [0, 0.1) is 10.1 Å². The van der Waals surface area contributed by atoms with E-state index in [1.54, 1.807) is 6.07 Å². The second-order valence-corrected chi connectivity index (χ2v) is 13.7. The van der Waals surface area contributed by atoms with Crippen molar-refractivity contribution in [1.82, 2.24) is 10.3 Å². The number of nitrogens with one attached hydrogen (secondary N) is 1. The Hall–Kier alpha value is -3.54. The standard InChI is InChI=1S/C36H60N5O7/c1-5-6-7-8-9-10-11-12-13-14-15-16-17-18-20-23-33(42)46-29-30(28-41(2,3)4)47-34(43)24-21-19-22-27-37-31-25-26-32(40(44)45)36-35(31)38-48-39-36/h12-13,25-26,30,37H,5-11,14-24,27-29H2,1-4H3/q+1/b13-12-. The van der Waals surface area contributed by atoms with Gasteiger partial charge in [-0.15, -0.1) is 0 Å². The first-order chi connectivity index (χ1) is 23.1. The van der Waals surface area contributed by atoms with Gasteiger partial charge in [-0.25, -0.2) is 4.63 Å². The van der Waals surface area contributed by atoms with Gasteiger partial charge < -0.3 is 19.3 Å². The maximum absolute atomic E-state index is 12.6. The molecule has 48 heavy (non-hydrogen) atoms. The van der Waals surface area contributed by atoms with Crippen molar-refractivity contribution in [1.29, 1.82) is 0 Å². The van der Waals surface area contributed by atoms with Crippen LogP contribution in [0.15, 0.2) is 28.9 Å². The molecular weight excluding hydrogens is 614 g/mol. The number of ether oxygens (including phenoxy) is 2. The Morgan fingerprint density at radius 2 is 1.44 bits per heavy atom. The first-order valence-electron chi connectivity index (χ1n) is 18.0. The van der Waals surface area contributed by atoms with Gasteiger partial charge in [0.2, 0.25) is 5.52 Å². The number of anilines is 1. The average Bonchev–Trinajstić information content (AvgIpc) is 3.53. The Morgan fingerprint density at radius 1 is 0.854 bits per heavy atom. The van der Waals surface area contributed by atoms with Crippen LogP contribution < -0.4 is 5.32 Å². The van der Waals surface area contributed by atoms with E-state index >= 15 is 0 Å². The highest BCUT2D eigenvalue weighted by molar-refractivity contribution is 5.93. The SMILES string of the molecule is CCCCCCCC/C=C\CCCCCCCC(=O)OCC(C[N+](C)(C)C)OC(=O)CCCCCNc1ccc([N+](=O)[O-])c2nonc12. The van der Waals surface area contributed by atoms with E-state index < -0.39 is 11.0 Å². The molecule has 12 heteroatoms. The zero-order valence-electron chi connectivity index (χ0n) is 29.9. The predicted octanol–water partition coefficient (Wildman–Crippen LogP) is 8.30. The minimum atomic E-state index is -0.523. The van der Waals surface area contributed by atoms with Crippen LogP contribution in [0.2, 0.25) is 0 Å². The normalized spacial score (nSPS) is 12.4. The van der Waals surface area contributed by atoms with Crippen LogP contribution in [0.1, 0.15) is 122 Å². The number of hydrogen-bond donors (Lipinski definition) is 1. The highest BCUT2D eigenvalue weighted by Crippen LogP contribution is 2.28. The third-order valence-corrected chi connectivity index (χ3v) is 8.09. The molecule has 0 saturated carbocycles. The van der Waals surface area contributed by atoms with E-state index in [9.17, 15) is 19.7 Å². The number of aromatic nitrogens is 2. The number of unbranched alkanes of at least 4 members (excludes halogenated alkanes) is 13. The van der Waals surface area contributed by atoms with Crippen LogP contribution >= 0.6 is 0 Å². The molecule has 0 fully saturated rings. The number of nitro benzene ring substituents is 1. The fourth-order valence-corrected chi connectivity index (χ4v) is 5.52. The molecule has 1 unspecified atom stereocenters. The number of hydrogen-bond acceptors (Lipinski definition) is 10. The lowest BCUT2D eigenvalue weighted by Gasteiger charge is -2.28.